The van der Waals surface area contributed by atoms with Gasteiger partial charge < -0.3 is 11.1 Å². The van der Waals surface area contributed by atoms with Crippen LogP contribution in [0.1, 0.15) is 22.0 Å². The Morgan fingerprint density at radius 3 is 2.90 bits per heavy atom. The van der Waals surface area contributed by atoms with E-state index in [0.717, 1.165) is 11.4 Å². The van der Waals surface area contributed by atoms with E-state index in [0.29, 0.717) is 10.6 Å². The van der Waals surface area contributed by atoms with Crippen LogP contribution in [0, 0.1) is 0 Å². The van der Waals surface area contributed by atoms with Gasteiger partial charge in [0.1, 0.15) is 0 Å². The first-order valence-corrected chi connectivity index (χ1v) is 7.59. The molecule has 0 aromatic heterocycles. The highest BCUT2D eigenvalue weighted by molar-refractivity contribution is 7.99. The zero-order valence-electron chi connectivity index (χ0n) is 10.6. The number of carbonyl (C=O) groups is 1. The molecule has 0 saturated heterocycles. The van der Waals surface area contributed by atoms with E-state index in [2.05, 4.69) is 17.4 Å². The van der Waals surface area contributed by atoms with Gasteiger partial charge in [0.25, 0.3) is 0 Å². The van der Waals surface area contributed by atoms with E-state index in [1.807, 2.05) is 23.9 Å². The molecule has 5 heteroatoms. The fourth-order valence-electron chi connectivity index (χ4n) is 2.26. The lowest BCUT2D eigenvalue weighted by atomic mass is 10.1. The zero-order valence-corrected chi connectivity index (χ0v) is 12.2. The maximum Gasteiger partial charge on any atom is 0.248 e. The lowest BCUT2D eigenvalue weighted by Gasteiger charge is -2.16. The number of hydrogen-bond donors (Lipinski definition) is 2. The minimum atomic E-state index is -0.453. The first kappa shape index (κ1) is 13.3. The van der Waals surface area contributed by atoms with Crippen molar-refractivity contribution in [3.63, 3.8) is 0 Å². The second-order valence-electron chi connectivity index (χ2n) is 4.60. The summed E-state index contributed by atoms with van der Waals surface area (Å²) in [7, 11) is 0. The number of carbonyl (C=O) groups excluding carboxylic acids is 1. The number of rotatable bonds is 3. The smallest absolute Gasteiger partial charge is 0.248 e. The van der Waals surface area contributed by atoms with Crippen LogP contribution in [0.3, 0.4) is 0 Å². The van der Waals surface area contributed by atoms with Gasteiger partial charge in [0.15, 0.2) is 0 Å². The van der Waals surface area contributed by atoms with E-state index in [1.54, 1.807) is 18.2 Å². The van der Waals surface area contributed by atoms with Gasteiger partial charge in [-0.3, -0.25) is 4.79 Å². The van der Waals surface area contributed by atoms with Crippen LogP contribution in [0.4, 0.5) is 5.69 Å². The van der Waals surface area contributed by atoms with Gasteiger partial charge in [-0.2, -0.15) is 0 Å². The fraction of sp³-hybridized carbons (Fsp3) is 0.133. The van der Waals surface area contributed by atoms with E-state index in [4.69, 9.17) is 17.3 Å². The number of halogens is 1. The van der Waals surface area contributed by atoms with Crippen molar-refractivity contribution in [1.29, 1.82) is 0 Å². The number of amides is 1. The predicted molar refractivity (Wildman–Crippen MR) is 83.5 cm³/mol. The Balaban J connectivity index is 1.89. The first-order chi connectivity index (χ1) is 9.65. The van der Waals surface area contributed by atoms with Gasteiger partial charge in [0.05, 0.1) is 16.8 Å². The molecule has 1 amide bonds. The molecule has 0 bridgehead atoms. The third kappa shape index (κ3) is 2.49. The Bertz CT molecular complexity index is 675. The van der Waals surface area contributed by atoms with Crippen LogP contribution in [0.2, 0.25) is 5.02 Å². The summed E-state index contributed by atoms with van der Waals surface area (Å²) in [6, 6.07) is 13.5. The standard InChI is InChI=1S/C15H13ClN2OS/c16-11-6-5-9(15(17)19)7-12(11)18-13-8-20-14-4-2-1-3-10(13)14/h1-7,13,18H,8H2,(H2,17,19). The molecule has 1 unspecified atom stereocenters. The molecular weight excluding hydrogens is 292 g/mol. The molecule has 0 aliphatic carbocycles. The quantitative estimate of drug-likeness (QED) is 0.909. The summed E-state index contributed by atoms with van der Waals surface area (Å²) in [5.74, 6) is 0.488. The van der Waals surface area contributed by atoms with E-state index in [1.165, 1.54) is 10.5 Å². The van der Waals surface area contributed by atoms with Crippen molar-refractivity contribution in [2.45, 2.75) is 10.9 Å². The molecule has 0 spiro atoms. The van der Waals surface area contributed by atoms with Crippen molar-refractivity contribution >= 4 is 35.0 Å². The topological polar surface area (TPSA) is 55.1 Å². The molecule has 102 valence electrons. The number of nitrogens with one attached hydrogen (secondary N) is 1. The summed E-state index contributed by atoms with van der Waals surface area (Å²) in [6.45, 7) is 0. The highest BCUT2D eigenvalue weighted by atomic mass is 35.5. The van der Waals surface area contributed by atoms with Crippen LogP contribution in [0.15, 0.2) is 47.4 Å². The van der Waals surface area contributed by atoms with Crippen LogP contribution < -0.4 is 11.1 Å². The molecule has 1 aliphatic heterocycles. The van der Waals surface area contributed by atoms with Gasteiger partial charge in [-0.25, -0.2) is 0 Å². The molecule has 0 radical (unpaired) electrons. The number of hydrogen-bond acceptors (Lipinski definition) is 3. The summed E-state index contributed by atoms with van der Waals surface area (Å²) in [5, 5.41) is 3.99. The van der Waals surface area contributed by atoms with Gasteiger partial charge in [0, 0.05) is 16.2 Å². The lowest BCUT2D eigenvalue weighted by Crippen LogP contribution is -2.13. The van der Waals surface area contributed by atoms with E-state index < -0.39 is 5.91 Å². The van der Waals surface area contributed by atoms with Crippen molar-refractivity contribution in [1.82, 2.24) is 0 Å². The molecule has 2 aromatic rings. The van der Waals surface area contributed by atoms with Crippen LogP contribution in [0.5, 0.6) is 0 Å². The van der Waals surface area contributed by atoms with E-state index in [9.17, 15) is 4.79 Å². The van der Waals surface area contributed by atoms with Crippen LogP contribution in [-0.4, -0.2) is 11.7 Å². The van der Waals surface area contributed by atoms with Crippen molar-refractivity contribution in [2.75, 3.05) is 11.1 Å². The van der Waals surface area contributed by atoms with Crippen molar-refractivity contribution < 1.29 is 4.79 Å². The summed E-state index contributed by atoms with van der Waals surface area (Å²) in [6.07, 6.45) is 0. The van der Waals surface area contributed by atoms with Crippen molar-refractivity contribution in [2.24, 2.45) is 5.73 Å². The normalized spacial score (nSPS) is 16.8. The Morgan fingerprint density at radius 2 is 2.10 bits per heavy atom. The molecule has 20 heavy (non-hydrogen) atoms. The maximum absolute atomic E-state index is 11.2. The minimum absolute atomic E-state index is 0.192. The number of thioether (sulfide) groups is 1. The molecule has 1 aliphatic rings. The monoisotopic (exact) mass is 304 g/mol. The van der Waals surface area contributed by atoms with Crippen molar-refractivity contribution in [3.8, 4) is 0 Å². The average Bonchev–Trinajstić information content (AvgIpc) is 2.84. The Labute approximate surface area is 126 Å². The zero-order chi connectivity index (χ0) is 14.1. The number of nitrogens with two attached hydrogens (primary N) is 1. The fourth-order valence-corrected chi connectivity index (χ4v) is 3.59. The van der Waals surface area contributed by atoms with Crippen LogP contribution >= 0.6 is 23.4 Å². The highest BCUT2D eigenvalue weighted by Crippen LogP contribution is 2.40. The maximum atomic E-state index is 11.2. The van der Waals surface area contributed by atoms with Gasteiger partial charge in [-0.05, 0) is 29.8 Å². The molecule has 3 rings (SSSR count). The number of fused-ring (bicyclic) bond motifs is 1. The third-order valence-corrected chi connectivity index (χ3v) is 4.79. The predicted octanol–water partition coefficient (Wildman–Crippen LogP) is 3.70. The Kier molecular flexibility index (Phi) is 3.59. The Hall–Kier alpha value is -1.65. The molecule has 1 atom stereocenters. The van der Waals surface area contributed by atoms with Gasteiger partial charge >= 0.3 is 0 Å². The first-order valence-electron chi connectivity index (χ1n) is 6.23. The summed E-state index contributed by atoms with van der Waals surface area (Å²) in [5.41, 5.74) is 7.76. The largest absolute Gasteiger partial charge is 0.376 e. The molecule has 2 aromatic carbocycles. The second-order valence-corrected chi connectivity index (χ2v) is 6.07. The molecule has 1 heterocycles. The summed E-state index contributed by atoms with van der Waals surface area (Å²) < 4.78 is 0. The Morgan fingerprint density at radius 1 is 1.30 bits per heavy atom. The van der Waals surface area contributed by atoms with E-state index in [-0.39, 0.29) is 6.04 Å². The van der Waals surface area contributed by atoms with Gasteiger partial charge in [-0.15, -0.1) is 11.8 Å². The number of benzene rings is 2. The second kappa shape index (κ2) is 5.38. The lowest BCUT2D eigenvalue weighted by molar-refractivity contribution is 0.100. The summed E-state index contributed by atoms with van der Waals surface area (Å²) >= 11 is 8.00. The van der Waals surface area contributed by atoms with Crippen LogP contribution in [0.25, 0.3) is 0 Å². The minimum Gasteiger partial charge on any atom is -0.376 e. The summed E-state index contributed by atoms with van der Waals surface area (Å²) in [4.78, 5) is 12.5. The highest BCUT2D eigenvalue weighted by Gasteiger charge is 2.23. The van der Waals surface area contributed by atoms with Crippen LogP contribution in [-0.2, 0) is 0 Å². The SMILES string of the molecule is NC(=O)c1ccc(Cl)c(NC2CSc3ccccc32)c1. The molecule has 0 saturated carbocycles. The average molecular weight is 305 g/mol. The molecule has 3 nitrogen and oxygen atoms in total. The number of primary amides is 1. The van der Waals surface area contributed by atoms with Crippen molar-refractivity contribution in [3.05, 3.63) is 58.6 Å². The third-order valence-electron chi connectivity index (χ3n) is 3.28. The molecule has 3 N–H and O–H groups in total. The van der Waals surface area contributed by atoms with Gasteiger partial charge in [0.2, 0.25) is 5.91 Å². The molecule has 0 fully saturated rings. The van der Waals surface area contributed by atoms with E-state index >= 15 is 0 Å². The molecular formula is C15H13ClN2OS. The number of anilines is 1. The van der Waals surface area contributed by atoms with Gasteiger partial charge in [-0.1, -0.05) is 29.8 Å².